The lowest BCUT2D eigenvalue weighted by atomic mass is 10.2. The highest BCUT2D eigenvalue weighted by Crippen LogP contribution is 2.03. The third-order valence-electron chi connectivity index (χ3n) is 3.69. The molecule has 0 aliphatic rings. The smallest absolute Gasteiger partial charge is 0.274 e. The van der Waals surface area contributed by atoms with Crippen LogP contribution in [0.4, 0.5) is 0 Å². The molecule has 2 aromatic heterocycles. The summed E-state index contributed by atoms with van der Waals surface area (Å²) in [5, 5.41) is 23.6. The summed E-state index contributed by atoms with van der Waals surface area (Å²) in [5.41, 5.74) is 4.85. The molecular weight excluding hydrogens is 324 g/mol. The van der Waals surface area contributed by atoms with Crippen molar-refractivity contribution in [1.82, 2.24) is 19.6 Å². The number of nitrogens with zero attached hydrogens (tertiary/aromatic N) is 2. The van der Waals surface area contributed by atoms with Crippen LogP contribution < -0.4 is 11.1 Å². The Morgan fingerprint density at radius 1 is 0.960 bits per heavy atom. The molecule has 0 bridgehead atoms. The molecule has 2 rings (SSSR count). The van der Waals surface area contributed by atoms with Crippen LogP contribution in [0.3, 0.4) is 0 Å². The molecule has 0 saturated carbocycles. The number of aliphatic hydroxyl groups excluding tert-OH is 2. The molecule has 0 atom stereocenters. The third kappa shape index (κ3) is 4.19. The fourth-order valence-corrected chi connectivity index (χ4v) is 2.45. The van der Waals surface area contributed by atoms with Gasteiger partial charge >= 0.3 is 0 Å². The van der Waals surface area contributed by atoms with Gasteiger partial charge in [-0.15, -0.1) is 5.73 Å². The molecule has 0 aliphatic heterocycles. The van der Waals surface area contributed by atoms with Crippen LogP contribution in [0.2, 0.25) is 0 Å². The maximum absolute atomic E-state index is 12.1. The predicted octanol–water partition coefficient (Wildman–Crippen LogP) is 0.149. The van der Waals surface area contributed by atoms with Crippen molar-refractivity contribution in [1.29, 1.82) is 0 Å². The zero-order chi connectivity index (χ0) is 18.4. The van der Waals surface area contributed by atoms with Gasteiger partial charge in [0, 0.05) is 11.4 Å². The third-order valence-corrected chi connectivity index (χ3v) is 3.69. The summed E-state index contributed by atoms with van der Waals surface area (Å²) >= 11 is 0. The lowest BCUT2D eigenvalue weighted by Gasteiger charge is -1.94. The molecule has 8 heteroatoms. The Bertz CT molecular complexity index is 933. The van der Waals surface area contributed by atoms with Crippen LogP contribution in [-0.2, 0) is 13.1 Å². The van der Waals surface area contributed by atoms with Crippen molar-refractivity contribution in [3.8, 4) is 0 Å². The summed E-state index contributed by atoms with van der Waals surface area (Å²) in [4.78, 5) is 24.1. The van der Waals surface area contributed by atoms with Gasteiger partial charge in [-0.3, -0.25) is 29.2 Å². The van der Waals surface area contributed by atoms with Gasteiger partial charge in [-0.25, -0.2) is 0 Å². The van der Waals surface area contributed by atoms with Crippen LogP contribution >= 0.6 is 0 Å². The van der Waals surface area contributed by atoms with Gasteiger partial charge in [0.1, 0.15) is 0 Å². The summed E-state index contributed by atoms with van der Waals surface area (Å²) in [6, 6.07) is 0. The van der Waals surface area contributed by atoms with Gasteiger partial charge in [-0.1, -0.05) is 6.08 Å². The van der Waals surface area contributed by atoms with E-state index in [4.69, 9.17) is 10.2 Å². The van der Waals surface area contributed by atoms with Crippen molar-refractivity contribution in [2.45, 2.75) is 26.9 Å². The monoisotopic (exact) mass is 346 g/mol. The number of hydrogen-bond acceptors (Lipinski definition) is 4. The SMILES string of the molecule is Cc1[nH]n(CCO)c(=O)c1C=C=CC=Cc1c(C)[nH]n(CCO)c1=O. The van der Waals surface area contributed by atoms with Crippen LogP contribution in [0.1, 0.15) is 22.5 Å². The predicted molar refractivity (Wildman–Crippen MR) is 95.3 cm³/mol. The van der Waals surface area contributed by atoms with Gasteiger partial charge in [-0.05, 0) is 32.1 Å². The van der Waals surface area contributed by atoms with E-state index in [0.717, 1.165) is 0 Å². The molecule has 0 unspecified atom stereocenters. The quantitative estimate of drug-likeness (QED) is 0.422. The normalized spacial score (nSPS) is 11.0. The van der Waals surface area contributed by atoms with E-state index < -0.39 is 0 Å². The standard InChI is InChI=1S/C17H22N4O4/c1-12-14(16(24)20(18-12)8-10-22)6-4-3-5-7-15-13(2)19-21(9-11-23)17(15)25/h3-4,6-7,18-19,22-23H,8-11H2,1-2H3. The Morgan fingerprint density at radius 3 is 2.04 bits per heavy atom. The number of rotatable bonds is 7. The first-order valence-electron chi connectivity index (χ1n) is 7.89. The second-order valence-electron chi connectivity index (χ2n) is 5.50. The first-order chi connectivity index (χ1) is 12.0. The number of allylic oxidation sites excluding steroid dienone is 2. The molecule has 2 aromatic rings. The zero-order valence-electron chi connectivity index (χ0n) is 14.2. The second kappa shape index (κ2) is 8.34. The van der Waals surface area contributed by atoms with Crippen molar-refractivity contribution in [2.75, 3.05) is 13.2 Å². The minimum absolute atomic E-state index is 0.116. The molecule has 134 valence electrons. The number of H-pyrrole nitrogens is 2. The van der Waals surface area contributed by atoms with E-state index in [9.17, 15) is 9.59 Å². The average Bonchev–Trinajstić information content (AvgIpc) is 2.99. The number of nitrogens with one attached hydrogen (secondary N) is 2. The van der Waals surface area contributed by atoms with E-state index in [-0.39, 0.29) is 37.4 Å². The maximum atomic E-state index is 12.1. The molecular formula is C17H22N4O4. The highest BCUT2D eigenvalue weighted by molar-refractivity contribution is 5.54. The van der Waals surface area contributed by atoms with E-state index in [2.05, 4.69) is 15.9 Å². The maximum Gasteiger partial charge on any atom is 0.274 e. The fourth-order valence-electron chi connectivity index (χ4n) is 2.45. The molecule has 4 N–H and O–H groups in total. The molecule has 0 spiro atoms. The topological polar surface area (TPSA) is 116 Å². The Labute approximate surface area is 144 Å². The summed E-state index contributed by atoms with van der Waals surface area (Å²) < 4.78 is 2.69. The number of aliphatic hydroxyl groups is 2. The summed E-state index contributed by atoms with van der Waals surface area (Å²) in [6.45, 7) is 3.74. The summed E-state index contributed by atoms with van der Waals surface area (Å²) in [5.74, 6) is 0. The Kier molecular flexibility index (Phi) is 6.19. The van der Waals surface area contributed by atoms with Crippen molar-refractivity contribution in [3.63, 3.8) is 0 Å². The lowest BCUT2D eigenvalue weighted by Crippen LogP contribution is -2.19. The van der Waals surface area contributed by atoms with Crippen molar-refractivity contribution < 1.29 is 10.2 Å². The summed E-state index contributed by atoms with van der Waals surface area (Å²) in [7, 11) is 0. The molecule has 0 fully saturated rings. The fraction of sp³-hybridized carbons (Fsp3) is 0.353. The lowest BCUT2D eigenvalue weighted by molar-refractivity contribution is 0.267. The van der Waals surface area contributed by atoms with Crippen LogP contribution in [0.15, 0.2) is 27.5 Å². The number of aromatic amines is 2. The van der Waals surface area contributed by atoms with E-state index in [1.54, 1.807) is 38.2 Å². The largest absolute Gasteiger partial charge is 0.394 e. The molecule has 0 amide bonds. The van der Waals surface area contributed by atoms with E-state index in [0.29, 0.717) is 22.5 Å². The van der Waals surface area contributed by atoms with Gasteiger partial charge in [0.2, 0.25) is 0 Å². The Hall–Kier alpha value is -2.80. The van der Waals surface area contributed by atoms with Crippen molar-refractivity contribution >= 4 is 12.2 Å². The molecule has 8 nitrogen and oxygen atoms in total. The van der Waals surface area contributed by atoms with Gasteiger partial charge in [0.25, 0.3) is 11.1 Å². The number of aromatic nitrogens is 4. The molecule has 25 heavy (non-hydrogen) atoms. The molecule has 0 radical (unpaired) electrons. The Balaban J connectivity index is 2.19. The van der Waals surface area contributed by atoms with Crippen LogP contribution in [-0.4, -0.2) is 43.0 Å². The minimum atomic E-state index is -0.218. The van der Waals surface area contributed by atoms with Crippen molar-refractivity contribution in [2.24, 2.45) is 0 Å². The van der Waals surface area contributed by atoms with Crippen LogP contribution in [0, 0.1) is 13.8 Å². The molecule has 0 saturated heterocycles. The first kappa shape index (κ1) is 18.5. The van der Waals surface area contributed by atoms with Crippen LogP contribution in [0.25, 0.3) is 12.2 Å². The summed E-state index contributed by atoms with van der Waals surface area (Å²) in [6.07, 6.45) is 6.47. The van der Waals surface area contributed by atoms with Gasteiger partial charge < -0.3 is 10.2 Å². The zero-order valence-corrected chi connectivity index (χ0v) is 14.2. The van der Waals surface area contributed by atoms with Gasteiger partial charge in [0.15, 0.2) is 0 Å². The van der Waals surface area contributed by atoms with E-state index in [1.807, 2.05) is 0 Å². The second-order valence-corrected chi connectivity index (χ2v) is 5.50. The molecule has 0 aliphatic carbocycles. The first-order valence-corrected chi connectivity index (χ1v) is 7.89. The van der Waals surface area contributed by atoms with E-state index in [1.165, 1.54) is 9.36 Å². The number of hydrogen-bond donors (Lipinski definition) is 4. The number of aryl methyl sites for hydroxylation is 2. The highest BCUT2D eigenvalue weighted by Gasteiger charge is 2.08. The molecule has 0 aromatic carbocycles. The van der Waals surface area contributed by atoms with Gasteiger partial charge in [0.05, 0.1) is 37.4 Å². The highest BCUT2D eigenvalue weighted by atomic mass is 16.3. The minimum Gasteiger partial charge on any atom is -0.394 e. The van der Waals surface area contributed by atoms with Crippen molar-refractivity contribution in [3.05, 3.63) is 61.1 Å². The van der Waals surface area contributed by atoms with E-state index >= 15 is 0 Å². The average molecular weight is 346 g/mol. The Morgan fingerprint density at radius 2 is 1.48 bits per heavy atom. The van der Waals surface area contributed by atoms with Crippen LogP contribution in [0.5, 0.6) is 0 Å². The van der Waals surface area contributed by atoms with Gasteiger partial charge in [-0.2, -0.15) is 0 Å². The molecule has 2 heterocycles.